The van der Waals surface area contributed by atoms with E-state index < -0.39 is 0 Å². The highest BCUT2D eigenvalue weighted by Crippen LogP contribution is 2.22. The molecule has 2 N–H and O–H groups in total. The highest BCUT2D eigenvalue weighted by atomic mass is 127. The summed E-state index contributed by atoms with van der Waals surface area (Å²) in [7, 11) is 1.79. The molecule has 0 bridgehead atoms. The highest BCUT2D eigenvalue weighted by molar-refractivity contribution is 14.0. The van der Waals surface area contributed by atoms with Crippen molar-refractivity contribution in [3.63, 3.8) is 0 Å². The number of nitrogens with one attached hydrogen (secondary N) is 2. The van der Waals surface area contributed by atoms with Crippen LogP contribution in [0.1, 0.15) is 38.0 Å². The van der Waals surface area contributed by atoms with E-state index in [1.807, 2.05) is 6.20 Å². The molecule has 1 saturated heterocycles. The molecule has 0 spiro atoms. The molecule has 172 valence electrons. The molecule has 31 heavy (non-hydrogen) atoms. The zero-order valence-corrected chi connectivity index (χ0v) is 21.6. The van der Waals surface area contributed by atoms with Crippen LogP contribution < -0.4 is 10.6 Å². The molecular weight excluding hydrogens is 503 g/mol. The second-order valence-electron chi connectivity index (χ2n) is 8.82. The van der Waals surface area contributed by atoms with Crippen molar-refractivity contribution in [1.82, 2.24) is 25.4 Å². The van der Waals surface area contributed by atoms with E-state index in [-0.39, 0.29) is 29.4 Å². The molecule has 2 heterocycles. The topological polar surface area (TPSA) is 68.9 Å². The Morgan fingerprint density at radius 2 is 1.74 bits per heavy atom. The van der Waals surface area contributed by atoms with Crippen LogP contribution in [0.25, 0.3) is 0 Å². The molecule has 0 unspecified atom stereocenters. The SMILES string of the molecule is CN=C(NCCN1CCN(Cc2ccccc2)CC1)NCc1ncc(C(C)(C)C)o1.I. The Balaban J connectivity index is 0.00000341. The van der Waals surface area contributed by atoms with E-state index in [0.717, 1.165) is 57.5 Å². The summed E-state index contributed by atoms with van der Waals surface area (Å²) >= 11 is 0. The molecule has 1 aromatic carbocycles. The van der Waals surface area contributed by atoms with Gasteiger partial charge in [-0.2, -0.15) is 0 Å². The summed E-state index contributed by atoms with van der Waals surface area (Å²) in [6.07, 6.45) is 1.81. The van der Waals surface area contributed by atoms with Crippen molar-refractivity contribution in [2.45, 2.75) is 39.3 Å². The summed E-state index contributed by atoms with van der Waals surface area (Å²) in [6, 6.07) is 10.7. The quantitative estimate of drug-likeness (QED) is 0.320. The molecule has 0 aliphatic carbocycles. The molecule has 0 saturated carbocycles. The molecule has 0 atom stereocenters. The first kappa shape index (κ1) is 25.6. The first-order chi connectivity index (χ1) is 14.4. The number of nitrogens with zero attached hydrogens (tertiary/aromatic N) is 4. The lowest BCUT2D eigenvalue weighted by molar-refractivity contribution is 0.129. The van der Waals surface area contributed by atoms with Gasteiger partial charge in [-0.25, -0.2) is 4.98 Å². The van der Waals surface area contributed by atoms with Gasteiger partial charge in [0, 0.05) is 58.3 Å². The second-order valence-corrected chi connectivity index (χ2v) is 8.82. The molecule has 3 rings (SSSR count). The van der Waals surface area contributed by atoms with Crippen molar-refractivity contribution in [3.05, 3.63) is 53.7 Å². The van der Waals surface area contributed by atoms with Crippen molar-refractivity contribution in [2.24, 2.45) is 4.99 Å². The number of halogens is 1. The van der Waals surface area contributed by atoms with Gasteiger partial charge in [0.05, 0.1) is 12.7 Å². The highest BCUT2D eigenvalue weighted by Gasteiger charge is 2.19. The fourth-order valence-corrected chi connectivity index (χ4v) is 3.46. The molecule has 8 heteroatoms. The van der Waals surface area contributed by atoms with Crippen molar-refractivity contribution in [3.8, 4) is 0 Å². The number of oxazole rings is 1. The maximum Gasteiger partial charge on any atom is 0.213 e. The van der Waals surface area contributed by atoms with Gasteiger partial charge in [0.2, 0.25) is 5.89 Å². The number of rotatable bonds is 7. The predicted octanol–water partition coefficient (Wildman–Crippen LogP) is 3.07. The van der Waals surface area contributed by atoms with Gasteiger partial charge in [-0.1, -0.05) is 51.1 Å². The van der Waals surface area contributed by atoms with Crippen LogP contribution in [0.15, 0.2) is 45.9 Å². The lowest BCUT2D eigenvalue weighted by Gasteiger charge is -2.34. The van der Waals surface area contributed by atoms with Crippen molar-refractivity contribution < 1.29 is 4.42 Å². The second kappa shape index (κ2) is 12.4. The third-order valence-electron chi connectivity index (χ3n) is 5.36. The van der Waals surface area contributed by atoms with Crippen LogP contribution >= 0.6 is 24.0 Å². The van der Waals surface area contributed by atoms with Crippen LogP contribution in [0, 0.1) is 0 Å². The van der Waals surface area contributed by atoms with Gasteiger partial charge in [0.15, 0.2) is 5.96 Å². The fraction of sp³-hybridized carbons (Fsp3) is 0.565. The summed E-state index contributed by atoms with van der Waals surface area (Å²) in [4.78, 5) is 13.7. The number of hydrogen-bond donors (Lipinski definition) is 2. The van der Waals surface area contributed by atoms with E-state index in [2.05, 4.69) is 81.5 Å². The van der Waals surface area contributed by atoms with Gasteiger partial charge in [0.1, 0.15) is 5.76 Å². The van der Waals surface area contributed by atoms with Crippen molar-refractivity contribution in [2.75, 3.05) is 46.3 Å². The van der Waals surface area contributed by atoms with Crippen LogP contribution in [-0.4, -0.2) is 67.1 Å². The van der Waals surface area contributed by atoms with E-state index >= 15 is 0 Å². The minimum Gasteiger partial charge on any atom is -0.443 e. The van der Waals surface area contributed by atoms with Gasteiger partial charge in [-0.3, -0.25) is 14.8 Å². The number of piperazine rings is 1. The van der Waals surface area contributed by atoms with Crippen LogP contribution in [0.5, 0.6) is 0 Å². The zero-order chi connectivity index (χ0) is 21.4. The summed E-state index contributed by atoms with van der Waals surface area (Å²) < 4.78 is 5.83. The Bertz CT molecular complexity index is 794. The van der Waals surface area contributed by atoms with Gasteiger partial charge in [-0.05, 0) is 5.56 Å². The first-order valence-corrected chi connectivity index (χ1v) is 10.8. The molecule has 0 amide bonds. The monoisotopic (exact) mass is 540 g/mol. The third-order valence-corrected chi connectivity index (χ3v) is 5.36. The van der Waals surface area contributed by atoms with Crippen LogP contribution in [0.3, 0.4) is 0 Å². The molecule has 1 aliphatic rings. The maximum atomic E-state index is 5.83. The summed E-state index contributed by atoms with van der Waals surface area (Å²) in [5, 5.41) is 6.67. The Kier molecular flexibility index (Phi) is 10.2. The molecule has 2 aromatic rings. The summed E-state index contributed by atoms with van der Waals surface area (Å²) in [5.74, 6) is 2.35. The fourth-order valence-electron chi connectivity index (χ4n) is 3.46. The number of hydrogen-bond acceptors (Lipinski definition) is 5. The minimum absolute atomic E-state index is 0. The Hall–Kier alpha value is -1.65. The van der Waals surface area contributed by atoms with Crippen LogP contribution in [0.4, 0.5) is 0 Å². The van der Waals surface area contributed by atoms with Gasteiger partial charge >= 0.3 is 0 Å². The van der Waals surface area contributed by atoms with Crippen molar-refractivity contribution in [1.29, 1.82) is 0 Å². The third kappa shape index (κ3) is 8.42. The lowest BCUT2D eigenvalue weighted by Crippen LogP contribution is -2.48. The lowest BCUT2D eigenvalue weighted by atomic mass is 9.94. The standard InChI is InChI=1S/C23H36N6O.HI/c1-23(2,3)20-16-26-21(30-20)17-27-22(24-4)25-10-11-28-12-14-29(15-13-28)18-19-8-6-5-7-9-19;/h5-9,16H,10-15,17-18H2,1-4H3,(H2,24,25,27);1H. The van der Waals surface area contributed by atoms with E-state index in [4.69, 9.17) is 4.42 Å². The van der Waals surface area contributed by atoms with Gasteiger partial charge < -0.3 is 15.1 Å². The average Bonchev–Trinajstić information content (AvgIpc) is 3.22. The van der Waals surface area contributed by atoms with Crippen LogP contribution in [-0.2, 0) is 18.5 Å². The number of guanidine groups is 1. The summed E-state index contributed by atoms with van der Waals surface area (Å²) in [6.45, 7) is 14.2. The van der Waals surface area contributed by atoms with Gasteiger partial charge in [-0.15, -0.1) is 24.0 Å². The van der Waals surface area contributed by atoms with E-state index in [0.29, 0.717) is 12.4 Å². The van der Waals surface area contributed by atoms with E-state index in [9.17, 15) is 0 Å². The molecule has 1 aliphatic heterocycles. The smallest absolute Gasteiger partial charge is 0.213 e. The largest absolute Gasteiger partial charge is 0.443 e. The average molecular weight is 540 g/mol. The summed E-state index contributed by atoms with van der Waals surface area (Å²) in [5.41, 5.74) is 1.36. The maximum absolute atomic E-state index is 5.83. The van der Waals surface area contributed by atoms with E-state index in [1.54, 1.807) is 7.05 Å². The Morgan fingerprint density at radius 1 is 1.06 bits per heavy atom. The molecule has 1 fully saturated rings. The molecule has 7 nitrogen and oxygen atoms in total. The predicted molar refractivity (Wildman–Crippen MR) is 137 cm³/mol. The zero-order valence-electron chi connectivity index (χ0n) is 19.2. The molecule has 1 aromatic heterocycles. The molecule has 0 radical (unpaired) electrons. The van der Waals surface area contributed by atoms with Gasteiger partial charge in [0.25, 0.3) is 0 Å². The normalized spacial score (nSPS) is 16.1. The minimum atomic E-state index is -0.0315. The number of benzene rings is 1. The Labute approximate surface area is 203 Å². The Morgan fingerprint density at radius 3 is 2.35 bits per heavy atom. The van der Waals surface area contributed by atoms with Crippen molar-refractivity contribution >= 4 is 29.9 Å². The van der Waals surface area contributed by atoms with E-state index in [1.165, 1.54) is 5.56 Å². The van der Waals surface area contributed by atoms with Crippen LogP contribution in [0.2, 0.25) is 0 Å². The number of aromatic nitrogens is 1. The number of aliphatic imine (C=N–C) groups is 1. The first-order valence-electron chi connectivity index (χ1n) is 10.8. The molecular formula is C23H37IN6O.